The van der Waals surface area contributed by atoms with Crippen LogP contribution < -0.4 is 0 Å². The molecule has 0 fully saturated rings. The van der Waals surface area contributed by atoms with Gasteiger partial charge in [0.25, 0.3) is 0 Å². The summed E-state index contributed by atoms with van der Waals surface area (Å²) in [6.07, 6.45) is -3.41. The summed E-state index contributed by atoms with van der Waals surface area (Å²) < 4.78 is 48.5. The summed E-state index contributed by atoms with van der Waals surface area (Å²) >= 11 is 0. The third-order valence-electron chi connectivity index (χ3n) is 1.84. The average molecular weight is 186 g/mol. The molecule has 0 bridgehead atoms. The van der Waals surface area contributed by atoms with Crippen molar-refractivity contribution in [2.24, 2.45) is 0 Å². The molecular formula is C8H14F4. The lowest BCUT2D eigenvalue weighted by Crippen LogP contribution is -2.37. The Bertz CT molecular complexity index is 126. The first-order chi connectivity index (χ1) is 5.31. The standard InChI is InChI=1S/C8H14F4/c1-3-4-5-6-7(2,9)8(10,11)12/h3-6H2,1-2H3. The average Bonchev–Trinajstić information content (AvgIpc) is 1.85. The third kappa shape index (κ3) is 3.41. The third-order valence-corrected chi connectivity index (χ3v) is 1.84. The van der Waals surface area contributed by atoms with Gasteiger partial charge in [-0.2, -0.15) is 13.2 Å². The fraction of sp³-hybridized carbons (Fsp3) is 1.00. The van der Waals surface area contributed by atoms with Gasteiger partial charge in [-0.3, -0.25) is 0 Å². The molecule has 0 saturated carbocycles. The second-order valence-electron chi connectivity index (χ2n) is 3.15. The Morgan fingerprint density at radius 1 is 1.00 bits per heavy atom. The van der Waals surface area contributed by atoms with Crippen molar-refractivity contribution >= 4 is 0 Å². The van der Waals surface area contributed by atoms with Crippen LogP contribution >= 0.6 is 0 Å². The van der Waals surface area contributed by atoms with Crippen LogP contribution in [0.15, 0.2) is 0 Å². The quantitative estimate of drug-likeness (QED) is 0.462. The molecule has 0 saturated heterocycles. The van der Waals surface area contributed by atoms with Crippen LogP contribution in [0.3, 0.4) is 0 Å². The fourth-order valence-corrected chi connectivity index (χ4v) is 0.849. The van der Waals surface area contributed by atoms with Crippen molar-refractivity contribution in [1.29, 1.82) is 0 Å². The van der Waals surface area contributed by atoms with Crippen molar-refractivity contribution in [2.45, 2.75) is 51.4 Å². The molecule has 12 heavy (non-hydrogen) atoms. The Labute approximate surface area is 70.0 Å². The van der Waals surface area contributed by atoms with E-state index in [4.69, 9.17) is 0 Å². The molecular weight excluding hydrogens is 172 g/mol. The van der Waals surface area contributed by atoms with Gasteiger partial charge in [0.1, 0.15) is 0 Å². The lowest BCUT2D eigenvalue weighted by atomic mass is 10.00. The van der Waals surface area contributed by atoms with Crippen molar-refractivity contribution in [3.8, 4) is 0 Å². The number of alkyl halides is 4. The largest absolute Gasteiger partial charge is 0.422 e. The van der Waals surface area contributed by atoms with E-state index in [0.717, 1.165) is 6.42 Å². The molecule has 74 valence electrons. The van der Waals surface area contributed by atoms with Gasteiger partial charge < -0.3 is 0 Å². The van der Waals surface area contributed by atoms with Crippen molar-refractivity contribution < 1.29 is 17.6 Å². The number of hydrogen-bond acceptors (Lipinski definition) is 0. The molecule has 0 aliphatic rings. The normalized spacial score (nSPS) is 17.5. The molecule has 0 heterocycles. The van der Waals surface area contributed by atoms with Crippen LogP contribution in [-0.2, 0) is 0 Å². The maximum absolute atomic E-state index is 12.8. The molecule has 1 atom stereocenters. The van der Waals surface area contributed by atoms with Crippen LogP contribution in [0, 0.1) is 0 Å². The highest BCUT2D eigenvalue weighted by atomic mass is 19.4. The summed E-state index contributed by atoms with van der Waals surface area (Å²) in [5, 5.41) is 0. The van der Waals surface area contributed by atoms with E-state index in [-0.39, 0.29) is 0 Å². The molecule has 0 spiro atoms. The van der Waals surface area contributed by atoms with Crippen molar-refractivity contribution in [3.05, 3.63) is 0 Å². The van der Waals surface area contributed by atoms with E-state index in [1.165, 1.54) is 0 Å². The van der Waals surface area contributed by atoms with Gasteiger partial charge in [0, 0.05) is 0 Å². The maximum Gasteiger partial charge on any atom is 0.422 e. The SMILES string of the molecule is CCCCCC(C)(F)C(F)(F)F. The molecule has 0 aromatic heterocycles. The molecule has 0 aliphatic heterocycles. The van der Waals surface area contributed by atoms with E-state index < -0.39 is 18.3 Å². The summed E-state index contributed by atoms with van der Waals surface area (Å²) in [6.45, 7) is 2.46. The zero-order valence-corrected chi connectivity index (χ0v) is 7.34. The number of unbranched alkanes of at least 4 members (excludes halogenated alkanes) is 2. The molecule has 0 nitrogen and oxygen atoms in total. The molecule has 0 aliphatic carbocycles. The van der Waals surface area contributed by atoms with E-state index >= 15 is 0 Å². The monoisotopic (exact) mass is 186 g/mol. The molecule has 0 aromatic rings. The Morgan fingerprint density at radius 2 is 1.50 bits per heavy atom. The topological polar surface area (TPSA) is 0 Å². The highest BCUT2D eigenvalue weighted by molar-refractivity contribution is 4.81. The highest BCUT2D eigenvalue weighted by Crippen LogP contribution is 2.37. The highest BCUT2D eigenvalue weighted by Gasteiger charge is 2.51. The second-order valence-corrected chi connectivity index (χ2v) is 3.15. The van der Waals surface area contributed by atoms with Crippen molar-refractivity contribution in [2.75, 3.05) is 0 Å². The second kappa shape index (κ2) is 4.10. The van der Waals surface area contributed by atoms with E-state index in [9.17, 15) is 17.6 Å². The Kier molecular flexibility index (Phi) is 4.00. The van der Waals surface area contributed by atoms with Crippen LogP contribution in [-0.4, -0.2) is 11.8 Å². The number of halogens is 4. The first-order valence-electron chi connectivity index (χ1n) is 4.07. The fourth-order valence-electron chi connectivity index (χ4n) is 0.849. The van der Waals surface area contributed by atoms with Crippen LogP contribution in [0.1, 0.15) is 39.5 Å². The van der Waals surface area contributed by atoms with Crippen LogP contribution in [0.2, 0.25) is 0 Å². The molecule has 0 amide bonds. The summed E-state index contributed by atoms with van der Waals surface area (Å²) in [7, 11) is 0. The van der Waals surface area contributed by atoms with Crippen LogP contribution in [0.25, 0.3) is 0 Å². The molecule has 4 heteroatoms. The van der Waals surface area contributed by atoms with Crippen LogP contribution in [0.4, 0.5) is 17.6 Å². The molecule has 0 N–H and O–H groups in total. The van der Waals surface area contributed by atoms with E-state index in [1.807, 2.05) is 6.92 Å². The Hall–Kier alpha value is -0.280. The predicted octanol–water partition coefficient (Wildman–Crippen LogP) is 3.86. The van der Waals surface area contributed by atoms with Crippen molar-refractivity contribution in [3.63, 3.8) is 0 Å². The Morgan fingerprint density at radius 3 is 1.83 bits per heavy atom. The van der Waals surface area contributed by atoms with Gasteiger partial charge in [0.2, 0.25) is 5.67 Å². The maximum atomic E-state index is 12.8. The van der Waals surface area contributed by atoms with Gasteiger partial charge in [-0.1, -0.05) is 19.8 Å². The molecule has 0 rings (SSSR count). The molecule has 0 radical (unpaired) electrons. The van der Waals surface area contributed by atoms with E-state index in [1.54, 1.807) is 0 Å². The van der Waals surface area contributed by atoms with Gasteiger partial charge >= 0.3 is 6.18 Å². The number of rotatable bonds is 4. The van der Waals surface area contributed by atoms with Gasteiger partial charge in [0.15, 0.2) is 0 Å². The smallest absolute Gasteiger partial charge is 0.234 e. The minimum absolute atomic E-state index is 0.295. The number of hydrogen-bond donors (Lipinski definition) is 0. The van der Waals surface area contributed by atoms with Gasteiger partial charge in [-0.25, -0.2) is 4.39 Å². The molecule has 1 unspecified atom stereocenters. The van der Waals surface area contributed by atoms with Gasteiger partial charge in [-0.15, -0.1) is 0 Å². The van der Waals surface area contributed by atoms with E-state index in [2.05, 4.69) is 0 Å². The Balaban J connectivity index is 3.88. The minimum Gasteiger partial charge on any atom is -0.234 e. The lowest BCUT2D eigenvalue weighted by molar-refractivity contribution is -0.226. The molecule has 0 aromatic carbocycles. The summed E-state index contributed by atoms with van der Waals surface area (Å²) in [4.78, 5) is 0. The van der Waals surface area contributed by atoms with Gasteiger partial charge in [-0.05, 0) is 19.8 Å². The summed E-state index contributed by atoms with van der Waals surface area (Å²) in [5.74, 6) is 0. The van der Waals surface area contributed by atoms with Crippen molar-refractivity contribution in [1.82, 2.24) is 0 Å². The van der Waals surface area contributed by atoms with E-state index in [0.29, 0.717) is 19.8 Å². The van der Waals surface area contributed by atoms with Crippen LogP contribution in [0.5, 0.6) is 0 Å². The summed E-state index contributed by atoms with van der Waals surface area (Å²) in [5.41, 5.74) is -3.01. The minimum atomic E-state index is -4.72. The summed E-state index contributed by atoms with van der Waals surface area (Å²) in [6, 6.07) is 0. The van der Waals surface area contributed by atoms with Gasteiger partial charge in [0.05, 0.1) is 0 Å². The lowest BCUT2D eigenvalue weighted by Gasteiger charge is -2.23. The zero-order chi connectivity index (χ0) is 9.83. The first-order valence-corrected chi connectivity index (χ1v) is 4.07. The zero-order valence-electron chi connectivity index (χ0n) is 7.34. The predicted molar refractivity (Wildman–Crippen MR) is 39.7 cm³/mol. The first kappa shape index (κ1) is 11.7.